The quantitative estimate of drug-likeness (QED) is 0.168. The van der Waals surface area contributed by atoms with Crippen LogP contribution in [0.5, 0.6) is 0 Å². The largest absolute Gasteiger partial charge is 0.248 e. The Balaban J connectivity index is 1.25. The molecule has 9 aromatic carbocycles. The number of benzene rings is 9. The van der Waals surface area contributed by atoms with Gasteiger partial charge in [-0.05, 0) is 107 Å². The Kier molecular flexibility index (Phi) is 7.22. The highest BCUT2D eigenvalue weighted by atomic mass is 14.7. The molecule has 0 unspecified atom stereocenters. The van der Waals surface area contributed by atoms with E-state index in [0.717, 1.165) is 33.6 Å². The molecule has 0 aliphatic rings. The van der Waals surface area contributed by atoms with E-state index in [4.69, 9.17) is 4.98 Å². The molecule has 1 aromatic heterocycles. The first-order valence-corrected chi connectivity index (χ1v) is 17.9. The van der Waals surface area contributed by atoms with Crippen molar-refractivity contribution in [2.45, 2.75) is 0 Å². The molecule has 0 bridgehead atoms. The van der Waals surface area contributed by atoms with Crippen LogP contribution in [0.4, 0.5) is 0 Å². The molecule has 0 spiro atoms. The van der Waals surface area contributed by atoms with Crippen LogP contribution in [0.3, 0.4) is 0 Å². The van der Waals surface area contributed by atoms with Crippen LogP contribution in [0.25, 0.3) is 99.0 Å². The molecular formula is C51H33N. The summed E-state index contributed by atoms with van der Waals surface area (Å²) in [4.78, 5) is 5.34. The molecule has 0 fully saturated rings. The van der Waals surface area contributed by atoms with Gasteiger partial charge in [0.2, 0.25) is 0 Å². The zero-order valence-corrected chi connectivity index (χ0v) is 28.5. The van der Waals surface area contributed by atoms with Crippen molar-refractivity contribution in [3.8, 4) is 55.9 Å². The Morgan fingerprint density at radius 1 is 0.231 bits per heavy atom. The third kappa shape index (κ3) is 5.23. The number of hydrogen-bond donors (Lipinski definition) is 0. The van der Waals surface area contributed by atoms with Gasteiger partial charge in [-0.25, -0.2) is 4.98 Å². The van der Waals surface area contributed by atoms with Gasteiger partial charge in [0.05, 0.1) is 11.4 Å². The molecule has 242 valence electrons. The number of aromatic nitrogens is 1. The maximum atomic E-state index is 5.34. The summed E-state index contributed by atoms with van der Waals surface area (Å²) in [5, 5.41) is 9.84. The third-order valence-electron chi connectivity index (χ3n) is 10.4. The molecule has 10 aromatic rings. The van der Waals surface area contributed by atoms with Crippen LogP contribution < -0.4 is 0 Å². The zero-order valence-electron chi connectivity index (χ0n) is 28.5. The predicted molar refractivity (Wildman–Crippen MR) is 221 cm³/mol. The van der Waals surface area contributed by atoms with Gasteiger partial charge in [0.15, 0.2) is 0 Å². The van der Waals surface area contributed by atoms with Crippen molar-refractivity contribution in [1.29, 1.82) is 0 Å². The first-order chi connectivity index (χ1) is 25.8. The number of nitrogens with zero attached hydrogens (tertiary/aromatic N) is 1. The summed E-state index contributed by atoms with van der Waals surface area (Å²) < 4.78 is 0. The fraction of sp³-hybridized carbons (Fsp3) is 0. The third-order valence-corrected chi connectivity index (χ3v) is 10.4. The Labute approximate surface area is 303 Å². The van der Waals surface area contributed by atoms with Crippen molar-refractivity contribution in [1.82, 2.24) is 4.98 Å². The van der Waals surface area contributed by atoms with Crippen LogP contribution in [-0.4, -0.2) is 4.98 Å². The van der Waals surface area contributed by atoms with Crippen molar-refractivity contribution >= 4 is 43.1 Å². The minimum absolute atomic E-state index is 0.957. The average molecular weight is 660 g/mol. The fourth-order valence-electron chi connectivity index (χ4n) is 7.88. The lowest BCUT2D eigenvalue weighted by Crippen LogP contribution is -1.93. The molecular weight excluding hydrogens is 627 g/mol. The van der Waals surface area contributed by atoms with Crippen LogP contribution >= 0.6 is 0 Å². The molecule has 1 nitrogen and oxygen atoms in total. The summed E-state index contributed by atoms with van der Waals surface area (Å²) in [5.41, 5.74) is 11.4. The normalized spacial score (nSPS) is 11.5. The molecule has 0 aliphatic carbocycles. The fourth-order valence-corrected chi connectivity index (χ4v) is 7.88. The van der Waals surface area contributed by atoms with Crippen molar-refractivity contribution in [2.24, 2.45) is 0 Å². The molecule has 0 saturated carbocycles. The molecule has 52 heavy (non-hydrogen) atoms. The topological polar surface area (TPSA) is 12.9 Å². The minimum atomic E-state index is 0.957. The molecule has 0 radical (unpaired) electrons. The summed E-state index contributed by atoms with van der Waals surface area (Å²) in [6.45, 7) is 0. The molecule has 0 atom stereocenters. The van der Waals surface area contributed by atoms with E-state index in [1.807, 2.05) is 0 Å². The molecule has 10 rings (SSSR count). The lowest BCUT2D eigenvalue weighted by molar-refractivity contribution is 1.33. The highest BCUT2D eigenvalue weighted by Crippen LogP contribution is 2.45. The monoisotopic (exact) mass is 659 g/mol. The van der Waals surface area contributed by atoms with Gasteiger partial charge in [0.1, 0.15) is 0 Å². The van der Waals surface area contributed by atoms with E-state index < -0.39 is 0 Å². The van der Waals surface area contributed by atoms with Crippen molar-refractivity contribution < 1.29 is 0 Å². The smallest absolute Gasteiger partial charge is 0.0715 e. The van der Waals surface area contributed by atoms with Crippen molar-refractivity contribution in [3.63, 3.8) is 0 Å². The Hall–Kier alpha value is -6.83. The second-order valence-electron chi connectivity index (χ2n) is 13.5. The van der Waals surface area contributed by atoms with Gasteiger partial charge in [-0.2, -0.15) is 0 Å². The number of fused-ring (bicyclic) bond motifs is 4. The standard InChI is InChI=1S/C51H33N/c1-3-15-36(16-4-1)50-44-21-11-12-22-45(44)51(37-17-5-2-6-18-37)47-31-40(27-28-46(47)50)43-32-48(41-25-23-34-13-7-9-19-38(34)29-41)52-49(33-43)42-26-24-35-14-8-10-20-39(35)30-42/h1-33H. The van der Waals surface area contributed by atoms with E-state index in [-0.39, 0.29) is 0 Å². The molecule has 0 aliphatic heterocycles. The van der Waals surface area contributed by atoms with Crippen LogP contribution in [0.2, 0.25) is 0 Å². The predicted octanol–water partition coefficient (Wildman–Crippen LogP) is 14.0. The van der Waals surface area contributed by atoms with Gasteiger partial charge >= 0.3 is 0 Å². The summed E-state index contributed by atoms with van der Waals surface area (Å²) in [7, 11) is 0. The van der Waals surface area contributed by atoms with Crippen LogP contribution in [-0.2, 0) is 0 Å². The molecule has 1 heteroatoms. The summed E-state index contributed by atoms with van der Waals surface area (Å²) >= 11 is 0. The lowest BCUT2D eigenvalue weighted by atomic mass is 9.85. The summed E-state index contributed by atoms with van der Waals surface area (Å²) in [5.74, 6) is 0. The number of rotatable bonds is 5. The van der Waals surface area contributed by atoms with Gasteiger partial charge < -0.3 is 0 Å². The second-order valence-corrected chi connectivity index (χ2v) is 13.5. The maximum Gasteiger partial charge on any atom is 0.0715 e. The lowest BCUT2D eigenvalue weighted by Gasteiger charge is -2.19. The molecule has 1 heterocycles. The van der Waals surface area contributed by atoms with E-state index in [9.17, 15) is 0 Å². The highest BCUT2D eigenvalue weighted by Gasteiger charge is 2.18. The van der Waals surface area contributed by atoms with Gasteiger partial charge in [0.25, 0.3) is 0 Å². The Morgan fingerprint density at radius 3 is 1.19 bits per heavy atom. The van der Waals surface area contributed by atoms with E-state index in [1.165, 1.54) is 65.3 Å². The van der Waals surface area contributed by atoms with Crippen molar-refractivity contribution in [3.05, 3.63) is 200 Å². The maximum absolute atomic E-state index is 5.34. The van der Waals surface area contributed by atoms with E-state index in [2.05, 4.69) is 200 Å². The average Bonchev–Trinajstić information content (AvgIpc) is 3.22. The van der Waals surface area contributed by atoms with Crippen LogP contribution in [0, 0.1) is 0 Å². The van der Waals surface area contributed by atoms with Crippen LogP contribution in [0.15, 0.2) is 200 Å². The van der Waals surface area contributed by atoms with Crippen molar-refractivity contribution in [2.75, 3.05) is 0 Å². The van der Waals surface area contributed by atoms with Gasteiger partial charge in [-0.1, -0.05) is 170 Å². The van der Waals surface area contributed by atoms with Gasteiger partial charge in [-0.15, -0.1) is 0 Å². The number of hydrogen-bond acceptors (Lipinski definition) is 1. The Bertz CT molecular complexity index is 2840. The van der Waals surface area contributed by atoms with Crippen LogP contribution in [0.1, 0.15) is 0 Å². The first kappa shape index (κ1) is 30.0. The van der Waals surface area contributed by atoms with Gasteiger partial charge in [-0.3, -0.25) is 0 Å². The zero-order chi connectivity index (χ0) is 34.4. The molecule has 0 saturated heterocycles. The van der Waals surface area contributed by atoms with E-state index >= 15 is 0 Å². The Morgan fingerprint density at radius 2 is 0.654 bits per heavy atom. The second kappa shape index (κ2) is 12.5. The SMILES string of the molecule is c1ccc(-c2c3ccccc3c(-c3ccccc3)c3cc(-c4cc(-c5ccc6ccccc6c5)nc(-c5ccc6ccccc6c5)c4)ccc23)cc1. The van der Waals surface area contributed by atoms with Gasteiger partial charge in [0, 0.05) is 11.1 Å². The van der Waals surface area contributed by atoms with E-state index in [1.54, 1.807) is 0 Å². The van der Waals surface area contributed by atoms with E-state index in [0.29, 0.717) is 0 Å². The minimum Gasteiger partial charge on any atom is -0.248 e. The summed E-state index contributed by atoms with van der Waals surface area (Å²) in [6, 6.07) is 72.5. The summed E-state index contributed by atoms with van der Waals surface area (Å²) in [6.07, 6.45) is 0. The molecule has 0 N–H and O–H groups in total. The molecule has 0 amide bonds. The highest BCUT2D eigenvalue weighted by molar-refractivity contribution is 6.22. The number of pyridine rings is 1. The first-order valence-electron chi connectivity index (χ1n) is 17.9.